The van der Waals surface area contributed by atoms with Crippen LogP contribution in [0, 0.1) is 0 Å². The summed E-state index contributed by atoms with van der Waals surface area (Å²) in [6, 6.07) is 3.58. The van der Waals surface area contributed by atoms with E-state index in [2.05, 4.69) is 0 Å². The van der Waals surface area contributed by atoms with E-state index < -0.39 is 6.29 Å². The van der Waals surface area contributed by atoms with Crippen LogP contribution in [0.3, 0.4) is 0 Å². The van der Waals surface area contributed by atoms with Gasteiger partial charge in [0.2, 0.25) is 0 Å². The molecule has 1 saturated heterocycles. The summed E-state index contributed by atoms with van der Waals surface area (Å²) in [5.41, 5.74) is 0.808. The zero-order valence-corrected chi connectivity index (χ0v) is 10.2. The first kappa shape index (κ1) is 12.0. The van der Waals surface area contributed by atoms with E-state index in [1.165, 1.54) is 0 Å². The molecule has 0 unspecified atom stereocenters. The van der Waals surface area contributed by atoms with Crippen molar-refractivity contribution in [3.05, 3.63) is 17.7 Å². The molecule has 0 aliphatic carbocycles. The maximum absolute atomic E-state index is 5.46. The van der Waals surface area contributed by atoms with E-state index in [0.717, 1.165) is 5.56 Å². The van der Waals surface area contributed by atoms with Crippen molar-refractivity contribution in [1.29, 1.82) is 0 Å². The molecule has 1 aliphatic heterocycles. The standard InChI is InChI=1S/C12H16O5/c1-13-9-7-11(15-3)10(14-2)6-8(9)12-16-4-5-17-12/h6-7,12H,4-5H2,1-3H3. The zero-order valence-electron chi connectivity index (χ0n) is 10.2. The van der Waals surface area contributed by atoms with Crippen molar-refractivity contribution < 1.29 is 23.7 Å². The summed E-state index contributed by atoms with van der Waals surface area (Å²) in [6.45, 7) is 1.17. The lowest BCUT2D eigenvalue weighted by Crippen LogP contribution is -2.03. The molecule has 2 rings (SSSR count). The molecule has 0 aromatic heterocycles. The first-order valence-corrected chi connectivity index (χ1v) is 5.33. The van der Waals surface area contributed by atoms with Crippen LogP contribution in [-0.2, 0) is 9.47 Å². The molecule has 1 aliphatic rings. The summed E-state index contributed by atoms with van der Waals surface area (Å²) in [5.74, 6) is 1.91. The molecule has 0 N–H and O–H groups in total. The highest BCUT2D eigenvalue weighted by Gasteiger charge is 2.24. The number of methoxy groups -OCH3 is 3. The van der Waals surface area contributed by atoms with Crippen molar-refractivity contribution in [3.63, 3.8) is 0 Å². The van der Waals surface area contributed by atoms with Crippen LogP contribution in [0.1, 0.15) is 11.9 Å². The quantitative estimate of drug-likeness (QED) is 0.802. The Hall–Kier alpha value is -1.46. The van der Waals surface area contributed by atoms with Gasteiger partial charge in [-0.05, 0) is 6.07 Å². The fourth-order valence-corrected chi connectivity index (χ4v) is 1.78. The van der Waals surface area contributed by atoms with Crippen molar-refractivity contribution in [2.75, 3.05) is 34.5 Å². The Balaban J connectivity index is 2.41. The second-order valence-corrected chi connectivity index (χ2v) is 3.52. The van der Waals surface area contributed by atoms with Gasteiger partial charge in [0, 0.05) is 6.07 Å². The fourth-order valence-electron chi connectivity index (χ4n) is 1.78. The molecule has 17 heavy (non-hydrogen) atoms. The molecule has 94 valence electrons. The van der Waals surface area contributed by atoms with Crippen LogP contribution in [0.25, 0.3) is 0 Å². The van der Waals surface area contributed by atoms with E-state index in [9.17, 15) is 0 Å². The normalized spacial score (nSPS) is 15.9. The van der Waals surface area contributed by atoms with E-state index in [1.807, 2.05) is 6.07 Å². The lowest BCUT2D eigenvalue weighted by atomic mass is 10.1. The van der Waals surface area contributed by atoms with Crippen molar-refractivity contribution >= 4 is 0 Å². The minimum Gasteiger partial charge on any atom is -0.496 e. The third kappa shape index (κ3) is 2.30. The van der Waals surface area contributed by atoms with Gasteiger partial charge in [0.1, 0.15) is 5.75 Å². The van der Waals surface area contributed by atoms with Gasteiger partial charge in [-0.15, -0.1) is 0 Å². The van der Waals surface area contributed by atoms with E-state index in [-0.39, 0.29) is 0 Å². The number of ether oxygens (including phenoxy) is 5. The molecule has 0 radical (unpaired) electrons. The number of rotatable bonds is 4. The second kappa shape index (κ2) is 5.25. The molecule has 1 aromatic carbocycles. The molecule has 1 heterocycles. The van der Waals surface area contributed by atoms with Gasteiger partial charge in [-0.3, -0.25) is 0 Å². The number of hydrogen-bond donors (Lipinski definition) is 0. The Bertz CT molecular complexity index is 385. The predicted octanol–water partition coefficient (Wildman–Crippen LogP) is 1.76. The maximum Gasteiger partial charge on any atom is 0.187 e. The molecule has 0 amide bonds. The SMILES string of the molecule is COc1cc(OC)c(C2OCCO2)cc1OC. The van der Waals surface area contributed by atoms with Gasteiger partial charge < -0.3 is 23.7 Å². The summed E-state index contributed by atoms with van der Waals surface area (Å²) in [7, 11) is 4.77. The minimum absolute atomic E-state index is 0.398. The lowest BCUT2D eigenvalue weighted by molar-refractivity contribution is -0.0456. The molecule has 5 heteroatoms. The average Bonchev–Trinajstić information content (AvgIpc) is 2.90. The molecule has 0 atom stereocenters. The van der Waals surface area contributed by atoms with Crippen molar-refractivity contribution in [3.8, 4) is 17.2 Å². The second-order valence-electron chi connectivity index (χ2n) is 3.52. The van der Waals surface area contributed by atoms with Gasteiger partial charge in [-0.25, -0.2) is 0 Å². The van der Waals surface area contributed by atoms with Crippen LogP contribution in [0.15, 0.2) is 12.1 Å². The smallest absolute Gasteiger partial charge is 0.187 e. The Morgan fingerprint density at radius 1 is 0.882 bits per heavy atom. The van der Waals surface area contributed by atoms with Gasteiger partial charge in [0.15, 0.2) is 17.8 Å². The van der Waals surface area contributed by atoms with Crippen molar-refractivity contribution in [2.24, 2.45) is 0 Å². The van der Waals surface area contributed by atoms with Gasteiger partial charge in [-0.1, -0.05) is 0 Å². The van der Waals surface area contributed by atoms with Crippen molar-refractivity contribution in [1.82, 2.24) is 0 Å². The first-order chi connectivity index (χ1) is 8.30. The molecule has 1 aromatic rings. The molecule has 5 nitrogen and oxygen atoms in total. The highest BCUT2D eigenvalue weighted by molar-refractivity contribution is 5.51. The van der Waals surface area contributed by atoms with E-state index in [1.54, 1.807) is 27.4 Å². The van der Waals surface area contributed by atoms with Crippen molar-refractivity contribution in [2.45, 2.75) is 6.29 Å². The highest BCUT2D eigenvalue weighted by Crippen LogP contribution is 2.39. The number of benzene rings is 1. The Morgan fingerprint density at radius 3 is 1.94 bits per heavy atom. The monoisotopic (exact) mass is 240 g/mol. The van der Waals surface area contributed by atoms with Gasteiger partial charge in [-0.2, -0.15) is 0 Å². The molecular formula is C12H16O5. The third-order valence-electron chi connectivity index (χ3n) is 2.61. The van der Waals surface area contributed by atoms with Gasteiger partial charge in [0.05, 0.1) is 40.1 Å². The summed E-state index contributed by atoms with van der Waals surface area (Å²) >= 11 is 0. The van der Waals surface area contributed by atoms with Crippen LogP contribution in [-0.4, -0.2) is 34.5 Å². The Labute approximate surface area is 100 Å². The topological polar surface area (TPSA) is 46.2 Å². The molecule has 0 bridgehead atoms. The molecular weight excluding hydrogens is 224 g/mol. The Morgan fingerprint density at radius 2 is 1.41 bits per heavy atom. The van der Waals surface area contributed by atoms with Gasteiger partial charge >= 0.3 is 0 Å². The molecule has 0 spiro atoms. The summed E-state index contributed by atoms with van der Waals surface area (Å²) in [5, 5.41) is 0. The fraction of sp³-hybridized carbons (Fsp3) is 0.500. The lowest BCUT2D eigenvalue weighted by Gasteiger charge is -2.17. The largest absolute Gasteiger partial charge is 0.496 e. The maximum atomic E-state index is 5.46. The summed E-state index contributed by atoms with van der Waals surface area (Å²) in [6.07, 6.45) is -0.398. The Kier molecular flexibility index (Phi) is 3.71. The first-order valence-electron chi connectivity index (χ1n) is 5.33. The zero-order chi connectivity index (χ0) is 12.3. The van der Waals surface area contributed by atoms with Crippen LogP contribution >= 0.6 is 0 Å². The minimum atomic E-state index is -0.398. The third-order valence-corrected chi connectivity index (χ3v) is 2.61. The summed E-state index contributed by atoms with van der Waals surface area (Å²) < 4.78 is 26.7. The molecule has 0 saturated carbocycles. The number of hydrogen-bond acceptors (Lipinski definition) is 5. The summed E-state index contributed by atoms with van der Waals surface area (Å²) in [4.78, 5) is 0. The predicted molar refractivity (Wildman–Crippen MR) is 60.7 cm³/mol. The van der Waals surface area contributed by atoms with Crippen LogP contribution in [0.4, 0.5) is 0 Å². The van der Waals surface area contributed by atoms with E-state index in [0.29, 0.717) is 30.5 Å². The van der Waals surface area contributed by atoms with E-state index in [4.69, 9.17) is 23.7 Å². The van der Waals surface area contributed by atoms with E-state index >= 15 is 0 Å². The average molecular weight is 240 g/mol. The van der Waals surface area contributed by atoms with Crippen LogP contribution < -0.4 is 14.2 Å². The molecule has 1 fully saturated rings. The van der Waals surface area contributed by atoms with Crippen LogP contribution in [0.5, 0.6) is 17.2 Å². The van der Waals surface area contributed by atoms with Crippen LogP contribution in [0.2, 0.25) is 0 Å². The highest BCUT2D eigenvalue weighted by atomic mass is 16.7. The van der Waals surface area contributed by atoms with Gasteiger partial charge in [0.25, 0.3) is 0 Å².